The van der Waals surface area contributed by atoms with E-state index in [1.54, 1.807) is 0 Å². The normalized spacial score (nSPS) is 16.3. The van der Waals surface area contributed by atoms with Crippen molar-refractivity contribution >= 4 is 12.1 Å². The number of allylic oxidation sites excluding steroid dienone is 1. The zero-order chi connectivity index (χ0) is 10.8. The molecule has 1 aliphatic heterocycles. The molecule has 0 aliphatic carbocycles. The second kappa shape index (κ2) is 3.95. The summed E-state index contributed by atoms with van der Waals surface area (Å²) >= 11 is 0. The Morgan fingerprint density at radius 1 is 1.57 bits per heavy atom. The number of amides is 1. The molecule has 0 aromatic rings. The van der Waals surface area contributed by atoms with Crippen LogP contribution in [0.2, 0.25) is 0 Å². The van der Waals surface area contributed by atoms with Gasteiger partial charge in [-0.25, -0.2) is 0 Å². The summed E-state index contributed by atoms with van der Waals surface area (Å²) in [5.74, 6) is 0.0877. The monoisotopic (exact) mass is 194 g/mol. The highest BCUT2D eigenvalue weighted by atomic mass is 16.2. The molecule has 0 aromatic carbocycles. The van der Waals surface area contributed by atoms with Gasteiger partial charge in [0.25, 0.3) is 0 Å². The lowest BCUT2D eigenvalue weighted by molar-refractivity contribution is -0.128. The molecule has 3 nitrogen and oxygen atoms in total. The molecule has 0 saturated carbocycles. The van der Waals surface area contributed by atoms with E-state index >= 15 is 0 Å². The van der Waals surface area contributed by atoms with E-state index in [9.17, 15) is 4.79 Å². The fourth-order valence-electron chi connectivity index (χ4n) is 1.18. The van der Waals surface area contributed by atoms with Crippen molar-refractivity contribution < 1.29 is 4.79 Å². The number of aliphatic imine (C=N–C) groups is 1. The Balaban J connectivity index is 2.43. The lowest BCUT2D eigenvalue weighted by Crippen LogP contribution is -2.35. The molecule has 1 N–H and O–H groups in total. The fourth-order valence-corrected chi connectivity index (χ4v) is 1.18. The maximum atomic E-state index is 11.6. The lowest BCUT2D eigenvalue weighted by Gasteiger charge is -2.17. The Bertz CT molecular complexity index is 295. The van der Waals surface area contributed by atoms with Gasteiger partial charge in [-0.3, -0.25) is 9.79 Å². The minimum absolute atomic E-state index is 0.0877. The zero-order valence-corrected chi connectivity index (χ0v) is 9.35. The van der Waals surface area contributed by atoms with E-state index in [4.69, 9.17) is 0 Å². The summed E-state index contributed by atoms with van der Waals surface area (Å²) in [4.78, 5) is 15.7. The van der Waals surface area contributed by atoms with E-state index < -0.39 is 0 Å². The van der Waals surface area contributed by atoms with Gasteiger partial charge in [0, 0.05) is 30.3 Å². The Labute approximate surface area is 85.3 Å². The maximum Gasteiger partial charge on any atom is 0.225 e. The maximum absolute atomic E-state index is 11.6. The first-order valence-electron chi connectivity index (χ1n) is 4.90. The zero-order valence-electron chi connectivity index (χ0n) is 9.35. The van der Waals surface area contributed by atoms with Crippen LogP contribution < -0.4 is 5.32 Å². The van der Waals surface area contributed by atoms with Gasteiger partial charge in [-0.05, 0) is 12.5 Å². The van der Waals surface area contributed by atoms with Crippen molar-refractivity contribution in [3.8, 4) is 0 Å². The van der Waals surface area contributed by atoms with Crippen LogP contribution in [0.1, 0.15) is 34.1 Å². The predicted octanol–water partition coefficient (Wildman–Crippen LogP) is 1.90. The Hall–Kier alpha value is -1.12. The van der Waals surface area contributed by atoms with E-state index in [0.29, 0.717) is 6.54 Å². The van der Waals surface area contributed by atoms with Crippen LogP contribution in [0.15, 0.2) is 16.3 Å². The molecule has 0 aromatic heterocycles. The molecule has 14 heavy (non-hydrogen) atoms. The number of nitrogens with one attached hydrogen (secondary N) is 1. The Morgan fingerprint density at radius 2 is 2.21 bits per heavy atom. The van der Waals surface area contributed by atoms with Gasteiger partial charge >= 0.3 is 0 Å². The first-order valence-corrected chi connectivity index (χ1v) is 4.90. The van der Waals surface area contributed by atoms with Crippen LogP contribution in [0.4, 0.5) is 0 Å². The van der Waals surface area contributed by atoms with Gasteiger partial charge in [0.15, 0.2) is 0 Å². The molecule has 0 atom stereocenters. The average molecular weight is 194 g/mol. The molecule has 0 saturated heterocycles. The third-order valence-corrected chi connectivity index (χ3v) is 2.28. The second-order valence-corrected chi connectivity index (χ2v) is 4.64. The van der Waals surface area contributed by atoms with Gasteiger partial charge in [0.1, 0.15) is 0 Å². The minimum atomic E-state index is -0.312. The lowest BCUT2D eigenvalue weighted by atomic mass is 9.95. The van der Waals surface area contributed by atoms with Gasteiger partial charge in [0.2, 0.25) is 5.91 Å². The van der Waals surface area contributed by atoms with Crippen LogP contribution in [-0.4, -0.2) is 18.7 Å². The van der Waals surface area contributed by atoms with Crippen LogP contribution in [-0.2, 0) is 4.79 Å². The second-order valence-electron chi connectivity index (χ2n) is 4.64. The summed E-state index contributed by atoms with van der Waals surface area (Å²) in [6, 6.07) is 0. The Kier molecular flexibility index (Phi) is 3.09. The number of carbonyl (C=O) groups excluding carboxylic acids is 1. The van der Waals surface area contributed by atoms with Crippen molar-refractivity contribution in [3.05, 3.63) is 11.3 Å². The van der Waals surface area contributed by atoms with E-state index in [1.807, 2.05) is 33.9 Å². The molecule has 0 spiro atoms. The van der Waals surface area contributed by atoms with Gasteiger partial charge < -0.3 is 5.32 Å². The summed E-state index contributed by atoms with van der Waals surface area (Å²) in [5, 5.41) is 2.92. The predicted molar refractivity (Wildman–Crippen MR) is 58.3 cm³/mol. The van der Waals surface area contributed by atoms with Crippen molar-refractivity contribution in [2.45, 2.75) is 34.1 Å². The molecule has 0 unspecified atom stereocenters. The number of hydrogen-bond donors (Lipinski definition) is 1. The first kappa shape index (κ1) is 11.0. The molecule has 1 aliphatic rings. The largest absolute Gasteiger partial charge is 0.352 e. The molecule has 0 bridgehead atoms. The topological polar surface area (TPSA) is 41.5 Å². The molecule has 1 amide bonds. The highest BCUT2D eigenvalue weighted by molar-refractivity contribution is 5.81. The molecular formula is C11H18N2O. The highest BCUT2D eigenvalue weighted by Gasteiger charge is 2.21. The van der Waals surface area contributed by atoms with Crippen LogP contribution >= 0.6 is 0 Å². The summed E-state index contributed by atoms with van der Waals surface area (Å²) in [5.41, 5.74) is 1.94. The molecule has 1 heterocycles. The van der Waals surface area contributed by atoms with E-state index in [0.717, 1.165) is 12.1 Å². The fraction of sp³-hybridized carbons (Fsp3) is 0.636. The smallest absolute Gasteiger partial charge is 0.225 e. The Morgan fingerprint density at radius 3 is 2.64 bits per heavy atom. The highest BCUT2D eigenvalue weighted by Crippen LogP contribution is 2.16. The van der Waals surface area contributed by atoms with Crippen LogP contribution in [0.25, 0.3) is 0 Å². The van der Waals surface area contributed by atoms with Crippen LogP contribution in [0, 0.1) is 5.41 Å². The van der Waals surface area contributed by atoms with E-state index in [2.05, 4.69) is 10.3 Å². The first-order chi connectivity index (χ1) is 6.41. The SMILES string of the molecule is CC1=C(CNC(=O)C(C)(C)C)CC=N1. The molecule has 0 fully saturated rings. The van der Waals surface area contributed by atoms with Gasteiger partial charge in [-0.15, -0.1) is 0 Å². The molecule has 3 heteroatoms. The molecule has 78 valence electrons. The number of nitrogens with zero attached hydrogens (tertiary/aromatic N) is 1. The summed E-state index contributed by atoms with van der Waals surface area (Å²) in [6.45, 7) is 8.34. The standard InChI is InChI=1S/C11H18N2O/c1-8-9(5-6-12-8)7-13-10(14)11(2,3)4/h6H,5,7H2,1-4H3,(H,13,14). The third kappa shape index (κ3) is 2.69. The van der Waals surface area contributed by atoms with Gasteiger partial charge in [-0.2, -0.15) is 0 Å². The molecule has 1 rings (SSSR count). The van der Waals surface area contributed by atoms with Gasteiger partial charge in [-0.1, -0.05) is 20.8 Å². The van der Waals surface area contributed by atoms with Crippen LogP contribution in [0.3, 0.4) is 0 Å². The summed E-state index contributed by atoms with van der Waals surface area (Å²) in [6.07, 6.45) is 2.75. The summed E-state index contributed by atoms with van der Waals surface area (Å²) < 4.78 is 0. The van der Waals surface area contributed by atoms with Gasteiger partial charge in [0.05, 0.1) is 0 Å². The number of carbonyl (C=O) groups is 1. The molecule has 0 radical (unpaired) electrons. The number of hydrogen-bond acceptors (Lipinski definition) is 2. The van der Waals surface area contributed by atoms with Crippen molar-refractivity contribution in [3.63, 3.8) is 0 Å². The van der Waals surface area contributed by atoms with Crippen molar-refractivity contribution in [2.75, 3.05) is 6.54 Å². The number of rotatable bonds is 2. The van der Waals surface area contributed by atoms with Crippen molar-refractivity contribution in [2.24, 2.45) is 10.4 Å². The van der Waals surface area contributed by atoms with E-state index in [-0.39, 0.29) is 11.3 Å². The van der Waals surface area contributed by atoms with Crippen LogP contribution in [0.5, 0.6) is 0 Å². The average Bonchev–Trinajstić information content (AvgIpc) is 2.45. The quantitative estimate of drug-likeness (QED) is 0.716. The summed E-state index contributed by atoms with van der Waals surface area (Å²) in [7, 11) is 0. The van der Waals surface area contributed by atoms with Crippen molar-refractivity contribution in [1.82, 2.24) is 5.32 Å². The molecular weight excluding hydrogens is 176 g/mol. The van der Waals surface area contributed by atoms with Crippen molar-refractivity contribution in [1.29, 1.82) is 0 Å². The third-order valence-electron chi connectivity index (χ3n) is 2.28. The minimum Gasteiger partial charge on any atom is -0.352 e. The van der Waals surface area contributed by atoms with E-state index in [1.165, 1.54) is 5.57 Å².